The van der Waals surface area contributed by atoms with Gasteiger partial charge in [-0.2, -0.15) is 0 Å². The zero-order valence-electron chi connectivity index (χ0n) is 8.95. The number of nitrogens with two attached hydrogens (primary N) is 1. The first-order valence-electron chi connectivity index (χ1n) is 5.15. The third-order valence-corrected chi connectivity index (χ3v) is 2.76. The van der Waals surface area contributed by atoms with E-state index in [1.165, 1.54) is 12.1 Å². The van der Waals surface area contributed by atoms with Crippen molar-refractivity contribution in [1.29, 1.82) is 0 Å². The summed E-state index contributed by atoms with van der Waals surface area (Å²) in [5.74, 6) is -0.708. The van der Waals surface area contributed by atoms with E-state index < -0.39 is 11.6 Å². The molecule has 0 radical (unpaired) electrons. The Morgan fingerprint density at radius 1 is 1.50 bits per heavy atom. The van der Waals surface area contributed by atoms with Crippen molar-refractivity contribution < 1.29 is 8.78 Å². The predicted molar refractivity (Wildman–Crippen MR) is 58.0 cm³/mol. The van der Waals surface area contributed by atoms with Gasteiger partial charge in [-0.25, -0.2) is 8.78 Å². The maximum atomic E-state index is 13.6. The number of likely N-dealkylation sites (N-methyl/N-ethyl adjacent to an activating group) is 1. The highest BCUT2D eigenvalue weighted by Crippen LogP contribution is 2.27. The molecule has 1 aromatic carbocycles. The Bertz CT molecular complexity index is 431. The van der Waals surface area contributed by atoms with E-state index in [-0.39, 0.29) is 6.04 Å². The third kappa shape index (κ3) is 1.73. The summed E-state index contributed by atoms with van der Waals surface area (Å²) < 4.78 is 26.4. The van der Waals surface area contributed by atoms with Crippen LogP contribution in [0.4, 0.5) is 8.78 Å². The average molecular weight is 225 g/mol. The van der Waals surface area contributed by atoms with E-state index in [0.717, 1.165) is 6.07 Å². The smallest absolute Gasteiger partial charge is 0.191 e. The van der Waals surface area contributed by atoms with Crippen LogP contribution in [0.5, 0.6) is 0 Å². The minimum absolute atomic E-state index is 0.217. The quantitative estimate of drug-likeness (QED) is 0.831. The molecule has 5 heteroatoms. The second kappa shape index (κ2) is 4.08. The second-order valence-electron chi connectivity index (χ2n) is 3.67. The number of guanidine groups is 1. The number of rotatable bonds is 2. The molecule has 0 bridgehead atoms. The summed E-state index contributed by atoms with van der Waals surface area (Å²) in [6.45, 7) is 2.99. The number of hydrogen-bond donors (Lipinski definition) is 1. The van der Waals surface area contributed by atoms with Crippen molar-refractivity contribution >= 4 is 5.96 Å². The zero-order valence-corrected chi connectivity index (χ0v) is 8.95. The van der Waals surface area contributed by atoms with Gasteiger partial charge < -0.3 is 10.6 Å². The number of hydrogen-bond acceptors (Lipinski definition) is 3. The topological polar surface area (TPSA) is 41.6 Å². The molecule has 2 N–H and O–H groups in total. The summed E-state index contributed by atoms with van der Waals surface area (Å²) >= 11 is 0. The Morgan fingerprint density at radius 3 is 2.88 bits per heavy atom. The van der Waals surface area contributed by atoms with Crippen LogP contribution in [0.2, 0.25) is 0 Å². The van der Waals surface area contributed by atoms with Crippen molar-refractivity contribution in [2.45, 2.75) is 13.0 Å². The van der Waals surface area contributed by atoms with Crippen LogP contribution in [-0.4, -0.2) is 23.9 Å². The molecular formula is C11H13F2N3. The van der Waals surface area contributed by atoms with Crippen molar-refractivity contribution in [3.63, 3.8) is 0 Å². The van der Waals surface area contributed by atoms with Crippen molar-refractivity contribution in [3.8, 4) is 0 Å². The van der Waals surface area contributed by atoms with E-state index in [1.807, 2.05) is 6.92 Å². The van der Waals surface area contributed by atoms with Crippen LogP contribution < -0.4 is 5.73 Å². The van der Waals surface area contributed by atoms with Crippen LogP contribution in [0.25, 0.3) is 0 Å². The first-order valence-corrected chi connectivity index (χ1v) is 5.15. The van der Waals surface area contributed by atoms with E-state index in [2.05, 4.69) is 4.99 Å². The molecule has 0 saturated carbocycles. The number of halogens is 2. The zero-order chi connectivity index (χ0) is 11.7. The summed E-state index contributed by atoms with van der Waals surface area (Å²) in [5.41, 5.74) is 6.11. The van der Waals surface area contributed by atoms with Crippen molar-refractivity contribution in [3.05, 3.63) is 35.4 Å². The van der Waals surface area contributed by atoms with E-state index in [4.69, 9.17) is 5.73 Å². The van der Waals surface area contributed by atoms with Crippen LogP contribution in [0, 0.1) is 11.6 Å². The van der Waals surface area contributed by atoms with Crippen molar-refractivity contribution in [2.75, 3.05) is 13.1 Å². The van der Waals surface area contributed by atoms with Crippen LogP contribution in [-0.2, 0) is 0 Å². The van der Waals surface area contributed by atoms with Gasteiger partial charge in [0.1, 0.15) is 11.6 Å². The minimum atomic E-state index is -0.573. The van der Waals surface area contributed by atoms with E-state index >= 15 is 0 Å². The molecule has 1 aliphatic heterocycles. The van der Waals surface area contributed by atoms with Crippen molar-refractivity contribution in [1.82, 2.24) is 4.90 Å². The lowest BCUT2D eigenvalue weighted by atomic mass is 10.1. The summed E-state index contributed by atoms with van der Waals surface area (Å²) in [6.07, 6.45) is 0. The molecule has 2 rings (SSSR count). The summed E-state index contributed by atoms with van der Waals surface area (Å²) in [5, 5.41) is 0. The largest absolute Gasteiger partial charge is 0.370 e. The first kappa shape index (κ1) is 10.9. The van der Waals surface area contributed by atoms with Crippen LogP contribution in [0.15, 0.2) is 23.2 Å². The maximum absolute atomic E-state index is 13.6. The number of nitrogens with zero attached hydrogens (tertiary/aromatic N) is 2. The molecule has 16 heavy (non-hydrogen) atoms. The fourth-order valence-electron chi connectivity index (χ4n) is 1.95. The molecule has 1 unspecified atom stereocenters. The monoisotopic (exact) mass is 225 g/mol. The Labute approximate surface area is 92.6 Å². The van der Waals surface area contributed by atoms with Crippen molar-refractivity contribution in [2.24, 2.45) is 10.7 Å². The van der Waals surface area contributed by atoms with E-state index in [0.29, 0.717) is 24.6 Å². The first-order chi connectivity index (χ1) is 7.63. The van der Waals surface area contributed by atoms with Gasteiger partial charge >= 0.3 is 0 Å². The summed E-state index contributed by atoms with van der Waals surface area (Å²) in [4.78, 5) is 5.87. The molecular weight excluding hydrogens is 212 g/mol. The normalized spacial score (nSPS) is 20.1. The molecule has 0 fully saturated rings. The molecule has 1 atom stereocenters. The average Bonchev–Trinajstić information content (AvgIpc) is 2.59. The van der Waals surface area contributed by atoms with Crippen LogP contribution >= 0.6 is 0 Å². The fourth-order valence-corrected chi connectivity index (χ4v) is 1.95. The van der Waals surface area contributed by atoms with Gasteiger partial charge in [-0.15, -0.1) is 0 Å². The minimum Gasteiger partial charge on any atom is -0.370 e. The SMILES string of the molecule is CCN1C(N)=NCC1c1ccc(F)cc1F. The number of benzene rings is 1. The standard InChI is InChI=1S/C11H13F2N3/c1-2-16-10(6-15-11(16)14)8-4-3-7(12)5-9(8)13/h3-5,10H,2,6H2,1H3,(H2,14,15). The lowest BCUT2D eigenvalue weighted by molar-refractivity contribution is 0.353. The molecule has 0 aliphatic carbocycles. The van der Waals surface area contributed by atoms with E-state index in [1.54, 1.807) is 4.90 Å². The summed E-state index contributed by atoms with van der Waals surface area (Å²) in [7, 11) is 0. The molecule has 3 nitrogen and oxygen atoms in total. The molecule has 86 valence electrons. The molecule has 1 aliphatic rings. The highest BCUT2D eigenvalue weighted by molar-refractivity contribution is 5.80. The molecule has 0 amide bonds. The predicted octanol–water partition coefficient (Wildman–Crippen LogP) is 1.66. The molecule has 0 saturated heterocycles. The second-order valence-corrected chi connectivity index (χ2v) is 3.67. The Kier molecular flexibility index (Phi) is 2.77. The molecule has 1 heterocycles. The highest BCUT2D eigenvalue weighted by Gasteiger charge is 2.28. The Morgan fingerprint density at radius 2 is 2.25 bits per heavy atom. The van der Waals surface area contributed by atoms with Gasteiger partial charge in [0.25, 0.3) is 0 Å². The maximum Gasteiger partial charge on any atom is 0.191 e. The molecule has 0 spiro atoms. The van der Waals surface area contributed by atoms with Gasteiger partial charge in [-0.05, 0) is 13.0 Å². The Balaban J connectivity index is 2.32. The van der Waals surface area contributed by atoms with Crippen LogP contribution in [0.1, 0.15) is 18.5 Å². The molecule has 0 aromatic heterocycles. The van der Waals surface area contributed by atoms with Gasteiger partial charge in [0, 0.05) is 18.2 Å². The van der Waals surface area contributed by atoms with Gasteiger partial charge in [0.15, 0.2) is 5.96 Å². The lowest BCUT2D eigenvalue weighted by Crippen LogP contribution is -2.36. The third-order valence-electron chi connectivity index (χ3n) is 2.76. The van der Waals surface area contributed by atoms with Gasteiger partial charge in [-0.3, -0.25) is 4.99 Å². The van der Waals surface area contributed by atoms with Gasteiger partial charge in [-0.1, -0.05) is 6.07 Å². The number of aliphatic imine (C=N–C) groups is 1. The lowest BCUT2D eigenvalue weighted by Gasteiger charge is -2.25. The van der Waals surface area contributed by atoms with Gasteiger partial charge in [0.2, 0.25) is 0 Å². The molecule has 1 aromatic rings. The Hall–Kier alpha value is -1.65. The van der Waals surface area contributed by atoms with Crippen LogP contribution in [0.3, 0.4) is 0 Å². The van der Waals surface area contributed by atoms with Gasteiger partial charge in [0.05, 0.1) is 12.6 Å². The summed E-state index contributed by atoms with van der Waals surface area (Å²) in [6, 6.07) is 3.37. The van der Waals surface area contributed by atoms with E-state index in [9.17, 15) is 8.78 Å². The highest BCUT2D eigenvalue weighted by atomic mass is 19.1. The fraction of sp³-hybridized carbons (Fsp3) is 0.364.